The lowest BCUT2D eigenvalue weighted by atomic mass is 10.1. The summed E-state index contributed by atoms with van der Waals surface area (Å²) in [6.45, 7) is 2.23. The highest BCUT2D eigenvalue weighted by molar-refractivity contribution is 5.98. The lowest BCUT2D eigenvalue weighted by molar-refractivity contribution is 0.0746. The number of hydrogen-bond acceptors (Lipinski definition) is 5. The number of pyridine rings is 1. The van der Waals surface area contributed by atoms with Crippen molar-refractivity contribution in [3.05, 3.63) is 76.7 Å². The number of piperazine rings is 1. The number of carbonyl (C=O) groups is 1. The van der Waals surface area contributed by atoms with Crippen molar-refractivity contribution in [1.82, 2.24) is 19.4 Å². The van der Waals surface area contributed by atoms with Crippen molar-refractivity contribution in [2.45, 2.75) is 0 Å². The van der Waals surface area contributed by atoms with E-state index in [4.69, 9.17) is 0 Å². The zero-order valence-corrected chi connectivity index (χ0v) is 16.7. The standard InChI is InChI=1S/C23H21N5O2/c1-26-20-7-3-2-6-19(20)25-21(23(26)30)27-11-13-28(14-12-27)22(29)17-8-9-18-16(15-17)5-4-10-24-18/h2-10,15H,11-14H2,1H3. The molecule has 7 nitrogen and oxygen atoms in total. The molecule has 1 saturated heterocycles. The zero-order valence-electron chi connectivity index (χ0n) is 16.7. The van der Waals surface area contributed by atoms with Gasteiger partial charge < -0.3 is 14.4 Å². The number of benzene rings is 2. The van der Waals surface area contributed by atoms with Crippen LogP contribution in [0.2, 0.25) is 0 Å². The van der Waals surface area contributed by atoms with E-state index in [0.29, 0.717) is 37.6 Å². The molecule has 3 heterocycles. The normalized spacial score (nSPS) is 14.4. The molecule has 150 valence electrons. The minimum Gasteiger partial charge on any atom is -0.348 e. The van der Waals surface area contributed by atoms with Gasteiger partial charge in [-0.2, -0.15) is 0 Å². The minimum absolute atomic E-state index is 0.000207. The van der Waals surface area contributed by atoms with Gasteiger partial charge in [0.1, 0.15) is 0 Å². The Morgan fingerprint density at radius 2 is 1.73 bits per heavy atom. The fourth-order valence-corrected chi connectivity index (χ4v) is 3.98. The van der Waals surface area contributed by atoms with Gasteiger partial charge >= 0.3 is 0 Å². The number of nitrogens with zero attached hydrogens (tertiary/aromatic N) is 5. The van der Waals surface area contributed by atoms with Gasteiger partial charge in [0, 0.05) is 50.4 Å². The number of carbonyl (C=O) groups excluding carboxylic acids is 1. The molecule has 0 radical (unpaired) electrons. The van der Waals surface area contributed by atoms with Crippen LogP contribution in [0.15, 0.2) is 65.6 Å². The Bertz CT molecular complexity index is 1320. The summed E-state index contributed by atoms with van der Waals surface area (Å²) in [5.74, 6) is 0.444. The molecular formula is C23H21N5O2. The van der Waals surface area contributed by atoms with E-state index in [2.05, 4.69) is 9.97 Å². The Hall–Kier alpha value is -3.74. The van der Waals surface area contributed by atoms with Crippen molar-refractivity contribution < 1.29 is 4.79 Å². The summed E-state index contributed by atoms with van der Waals surface area (Å²) in [6.07, 6.45) is 1.74. The summed E-state index contributed by atoms with van der Waals surface area (Å²) < 4.78 is 1.64. The Morgan fingerprint density at radius 1 is 0.933 bits per heavy atom. The second-order valence-corrected chi connectivity index (χ2v) is 7.48. The molecule has 7 heteroatoms. The Morgan fingerprint density at radius 3 is 2.57 bits per heavy atom. The molecule has 2 aromatic heterocycles. The molecule has 4 aromatic rings. The van der Waals surface area contributed by atoms with E-state index in [-0.39, 0.29) is 11.5 Å². The second kappa shape index (κ2) is 7.26. The third-order valence-electron chi connectivity index (χ3n) is 5.68. The number of fused-ring (bicyclic) bond motifs is 2. The summed E-state index contributed by atoms with van der Waals surface area (Å²) >= 11 is 0. The van der Waals surface area contributed by atoms with Gasteiger partial charge in [-0.3, -0.25) is 14.6 Å². The molecule has 2 aromatic carbocycles. The van der Waals surface area contributed by atoms with Crippen LogP contribution in [0.5, 0.6) is 0 Å². The summed E-state index contributed by atoms with van der Waals surface area (Å²) in [5, 5.41) is 0.950. The molecule has 1 amide bonds. The number of anilines is 1. The third-order valence-corrected chi connectivity index (χ3v) is 5.68. The Labute approximate surface area is 173 Å². The van der Waals surface area contributed by atoms with Crippen LogP contribution in [-0.4, -0.2) is 51.5 Å². The van der Waals surface area contributed by atoms with Crippen LogP contribution < -0.4 is 10.5 Å². The van der Waals surface area contributed by atoms with Crippen molar-refractivity contribution in [2.24, 2.45) is 7.05 Å². The SMILES string of the molecule is Cn1c(=O)c(N2CCN(C(=O)c3ccc4ncccc4c3)CC2)nc2ccccc21. The van der Waals surface area contributed by atoms with Crippen LogP contribution in [0.25, 0.3) is 21.9 Å². The quantitative estimate of drug-likeness (QED) is 0.518. The molecule has 5 rings (SSSR count). The molecule has 1 aliphatic heterocycles. The van der Waals surface area contributed by atoms with Crippen molar-refractivity contribution in [2.75, 3.05) is 31.1 Å². The molecule has 30 heavy (non-hydrogen) atoms. The summed E-state index contributed by atoms with van der Waals surface area (Å²) in [7, 11) is 1.77. The third kappa shape index (κ3) is 3.08. The summed E-state index contributed by atoms with van der Waals surface area (Å²) in [4.78, 5) is 38.5. The smallest absolute Gasteiger partial charge is 0.293 e. The maximum atomic E-state index is 13.0. The predicted molar refractivity (Wildman–Crippen MR) is 117 cm³/mol. The Kier molecular flexibility index (Phi) is 4.43. The molecule has 0 spiro atoms. The van der Waals surface area contributed by atoms with Crippen molar-refractivity contribution >= 4 is 33.7 Å². The second-order valence-electron chi connectivity index (χ2n) is 7.48. The molecule has 0 atom stereocenters. The first kappa shape index (κ1) is 18.3. The summed E-state index contributed by atoms with van der Waals surface area (Å²) in [5.41, 5.74) is 3.01. The number of aromatic nitrogens is 3. The average Bonchev–Trinajstić information content (AvgIpc) is 2.81. The Balaban J connectivity index is 1.36. The zero-order chi connectivity index (χ0) is 20.7. The first-order valence-electron chi connectivity index (χ1n) is 9.96. The number of hydrogen-bond donors (Lipinski definition) is 0. The van der Waals surface area contributed by atoms with E-state index in [9.17, 15) is 9.59 Å². The maximum absolute atomic E-state index is 13.0. The fourth-order valence-electron chi connectivity index (χ4n) is 3.98. The van der Waals surface area contributed by atoms with Crippen molar-refractivity contribution in [1.29, 1.82) is 0 Å². The van der Waals surface area contributed by atoms with Crippen LogP contribution in [0.1, 0.15) is 10.4 Å². The van der Waals surface area contributed by atoms with E-state index in [0.717, 1.165) is 21.9 Å². The van der Waals surface area contributed by atoms with Crippen LogP contribution in [0, 0.1) is 0 Å². The first-order chi connectivity index (χ1) is 14.6. The van der Waals surface area contributed by atoms with Gasteiger partial charge in [-0.25, -0.2) is 4.98 Å². The van der Waals surface area contributed by atoms with E-state index < -0.39 is 0 Å². The number of rotatable bonds is 2. The lowest BCUT2D eigenvalue weighted by Crippen LogP contribution is -2.50. The van der Waals surface area contributed by atoms with Crippen LogP contribution in [0.4, 0.5) is 5.82 Å². The maximum Gasteiger partial charge on any atom is 0.293 e. The molecule has 1 fully saturated rings. The minimum atomic E-state index is -0.115. The fraction of sp³-hybridized carbons (Fsp3) is 0.217. The molecular weight excluding hydrogens is 378 g/mol. The number of amides is 1. The highest BCUT2D eigenvalue weighted by Crippen LogP contribution is 2.18. The van der Waals surface area contributed by atoms with Gasteiger partial charge in [0.05, 0.1) is 16.6 Å². The van der Waals surface area contributed by atoms with Gasteiger partial charge in [-0.1, -0.05) is 18.2 Å². The molecule has 0 unspecified atom stereocenters. The van der Waals surface area contributed by atoms with Gasteiger partial charge in [-0.15, -0.1) is 0 Å². The summed E-state index contributed by atoms with van der Waals surface area (Å²) in [6, 6.07) is 17.0. The van der Waals surface area contributed by atoms with E-state index in [1.807, 2.05) is 64.4 Å². The van der Waals surface area contributed by atoms with Crippen LogP contribution >= 0.6 is 0 Å². The van der Waals surface area contributed by atoms with Crippen LogP contribution in [-0.2, 0) is 7.05 Å². The van der Waals surface area contributed by atoms with Gasteiger partial charge in [0.25, 0.3) is 11.5 Å². The highest BCUT2D eigenvalue weighted by Gasteiger charge is 2.25. The monoisotopic (exact) mass is 399 g/mol. The molecule has 0 N–H and O–H groups in total. The molecule has 0 saturated carbocycles. The van der Waals surface area contributed by atoms with Crippen molar-refractivity contribution in [3.63, 3.8) is 0 Å². The van der Waals surface area contributed by atoms with Gasteiger partial charge in [0.2, 0.25) is 0 Å². The van der Waals surface area contributed by atoms with E-state index in [1.54, 1.807) is 17.8 Å². The predicted octanol–water partition coefficient (Wildman–Crippen LogP) is 2.44. The van der Waals surface area contributed by atoms with E-state index >= 15 is 0 Å². The number of aryl methyl sites for hydroxylation is 1. The highest BCUT2D eigenvalue weighted by atomic mass is 16.2. The largest absolute Gasteiger partial charge is 0.348 e. The molecule has 0 bridgehead atoms. The molecule has 0 aliphatic carbocycles. The molecule has 1 aliphatic rings. The number of para-hydroxylation sites is 2. The van der Waals surface area contributed by atoms with E-state index in [1.165, 1.54) is 0 Å². The van der Waals surface area contributed by atoms with Gasteiger partial charge in [0.15, 0.2) is 5.82 Å². The first-order valence-corrected chi connectivity index (χ1v) is 9.96. The lowest BCUT2D eigenvalue weighted by Gasteiger charge is -2.35. The average molecular weight is 399 g/mol. The topological polar surface area (TPSA) is 71.3 Å². The van der Waals surface area contributed by atoms with Gasteiger partial charge in [-0.05, 0) is 36.4 Å². The van der Waals surface area contributed by atoms with Crippen molar-refractivity contribution in [3.8, 4) is 0 Å². The van der Waals surface area contributed by atoms with Crippen LogP contribution in [0.3, 0.4) is 0 Å².